The minimum atomic E-state index is -3.50. The van der Waals surface area contributed by atoms with Gasteiger partial charge in [0, 0.05) is 10.5 Å². The number of methoxy groups -OCH3 is 1. The van der Waals surface area contributed by atoms with Gasteiger partial charge in [0.25, 0.3) is 0 Å². The summed E-state index contributed by atoms with van der Waals surface area (Å²) in [5.74, 6) is 0.618. The monoisotopic (exact) mass is 384 g/mol. The van der Waals surface area contributed by atoms with Gasteiger partial charge in [0.1, 0.15) is 5.75 Å². The largest absolute Gasteiger partial charge is 0.497 e. The molecule has 8 heteroatoms. The highest BCUT2D eigenvalue weighted by Crippen LogP contribution is 2.27. The predicted molar refractivity (Wildman–Crippen MR) is 84.2 cm³/mol. The maximum absolute atomic E-state index is 12.3. The van der Waals surface area contributed by atoms with Crippen molar-refractivity contribution in [2.75, 3.05) is 20.2 Å². The topological polar surface area (TPSA) is 67.4 Å². The van der Waals surface area contributed by atoms with Crippen molar-refractivity contribution in [2.24, 2.45) is 0 Å². The van der Waals surface area contributed by atoms with Gasteiger partial charge in [-0.3, -0.25) is 0 Å². The summed E-state index contributed by atoms with van der Waals surface area (Å²) < 4.78 is 33.0. The van der Waals surface area contributed by atoms with Crippen LogP contribution in [0.3, 0.4) is 0 Å². The van der Waals surface area contributed by atoms with E-state index in [-0.39, 0.29) is 23.3 Å². The Morgan fingerprint density at radius 2 is 2.00 bits per heavy atom. The first-order valence-electron chi connectivity index (χ1n) is 6.09. The fourth-order valence-corrected chi connectivity index (χ4v) is 4.41. The van der Waals surface area contributed by atoms with Crippen LogP contribution in [-0.4, -0.2) is 34.7 Å². The summed E-state index contributed by atoms with van der Waals surface area (Å²) in [5.41, 5.74) is 0. The van der Waals surface area contributed by atoms with Crippen LogP contribution >= 0.6 is 28.3 Å². The van der Waals surface area contributed by atoms with Gasteiger partial charge in [0.2, 0.25) is 10.0 Å². The van der Waals surface area contributed by atoms with Crippen LogP contribution in [0.5, 0.6) is 5.75 Å². The molecule has 0 spiro atoms. The number of sulfonamides is 1. The lowest BCUT2D eigenvalue weighted by Crippen LogP contribution is -2.42. The van der Waals surface area contributed by atoms with Gasteiger partial charge >= 0.3 is 0 Å². The van der Waals surface area contributed by atoms with Gasteiger partial charge < -0.3 is 10.1 Å². The lowest BCUT2D eigenvalue weighted by Gasteiger charge is -2.23. The number of ether oxygens (including phenoxy) is 1. The summed E-state index contributed by atoms with van der Waals surface area (Å²) >= 11 is 3.28. The van der Waals surface area contributed by atoms with Gasteiger partial charge in [-0.2, -0.15) is 0 Å². The summed E-state index contributed by atoms with van der Waals surface area (Å²) in [7, 11) is -1.95. The van der Waals surface area contributed by atoms with Crippen molar-refractivity contribution in [1.82, 2.24) is 10.0 Å². The van der Waals surface area contributed by atoms with Crippen LogP contribution in [-0.2, 0) is 10.0 Å². The molecule has 1 aromatic rings. The second-order valence-corrected chi connectivity index (χ2v) is 6.98. The molecule has 0 saturated carbocycles. The molecule has 5 nitrogen and oxygen atoms in total. The molecular formula is C12H18BrClN2O3S. The number of benzene rings is 1. The first kappa shape index (κ1) is 17.7. The molecular weight excluding hydrogens is 368 g/mol. The van der Waals surface area contributed by atoms with Crippen molar-refractivity contribution in [3.05, 3.63) is 22.7 Å². The average molecular weight is 386 g/mol. The molecule has 114 valence electrons. The van der Waals surface area contributed by atoms with Gasteiger partial charge in [0.15, 0.2) is 0 Å². The molecule has 0 aliphatic carbocycles. The lowest BCUT2D eigenvalue weighted by atomic mass is 10.1. The summed E-state index contributed by atoms with van der Waals surface area (Å²) in [6.45, 7) is 1.69. The van der Waals surface area contributed by atoms with Crippen molar-refractivity contribution in [3.8, 4) is 5.75 Å². The summed E-state index contributed by atoms with van der Waals surface area (Å²) in [5, 5.41) is 3.21. The molecule has 1 saturated heterocycles. The molecule has 0 atom stereocenters. The minimum absolute atomic E-state index is 0. The predicted octanol–water partition coefficient (Wildman–Crippen LogP) is 1.91. The Morgan fingerprint density at radius 3 is 2.55 bits per heavy atom. The molecule has 1 fully saturated rings. The zero-order valence-electron chi connectivity index (χ0n) is 11.1. The van der Waals surface area contributed by atoms with Crippen LogP contribution in [0.2, 0.25) is 0 Å². The van der Waals surface area contributed by atoms with Crippen molar-refractivity contribution < 1.29 is 13.2 Å². The SMILES string of the molecule is COc1ccc(S(=O)(=O)NC2CCNCC2)c(Br)c1.Cl. The Bertz CT molecular complexity index is 548. The van der Waals surface area contributed by atoms with Crippen LogP contribution in [0.1, 0.15) is 12.8 Å². The molecule has 1 aliphatic heterocycles. The maximum Gasteiger partial charge on any atom is 0.241 e. The fraction of sp³-hybridized carbons (Fsp3) is 0.500. The van der Waals surface area contributed by atoms with Crippen molar-refractivity contribution in [3.63, 3.8) is 0 Å². The molecule has 1 aliphatic rings. The zero-order valence-corrected chi connectivity index (χ0v) is 14.3. The summed E-state index contributed by atoms with van der Waals surface area (Å²) in [6, 6.07) is 4.84. The van der Waals surface area contributed by atoms with Crippen LogP contribution in [0.4, 0.5) is 0 Å². The van der Waals surface area contributed by atoms with Gasteiger partial charge in [-0.05, 0) is 60.1 Å². The van der Waals surface area contributed by atoms with Crippen molar-refractivity contribution in [1.29, 1.82) is 0 Å². The fourth-order valence-electron chi connectivity index (χ4n) is 2.05. The molecule has 0 bridgehead atoms. The molecule has 0 radical (unpaired) electrons. The molecule has 0 unspecified atom stereocenters. The Labute approximate surface area is 134 Å². The number of hydrogen-bond donors (Lipinski definition) is 2. The van der Waals surface area contributed by atoms with Crippen LogP contribution in [0, 0.1) is 0 Å². The highest BCUT2D eigenvalue weighted by Gasteiger charge is 2.23. The Hall–Kier alpha value is -0.340. The molecule has 2 rings (SSSR count). The Kier molecular flexibility index (Phi) is 6.74. The maximum atomic E-state index is 12.3. The van der Waals surface area contributed by atoms with E-state index in [0.29, 0.717) is 10.2 Å². The molecule has 0 amide bonds. The smallest absolute Gasteiger partial charge is 0.241 e. The van der Waals surface area contributed by atoms with E-state index in [4.69, 9.17) is 4.74 Å². The van der Waals surface area contributed by atoms with Gasteiger partial charge in [-0.15, -0.1) is 12.4 Å². The van der Waals surface area contributed by atoms with E-state index >= 15 is 0 Å². The van der Waals surface area contributed by atoms with Gasteiger partial charge in [-0.25, -0.2) is 13.1 Å². The van der Waals surface area contributed by atoms with E-state index in [1.807, 2.05) is 0 Å². The van der Waals surface area contributed by atoms with E-state index in [9.17, 15) is 8.42 Å². The van der Waals surface area contributed by atoms with E-state index in [1.165, 1.54) is 0 Å². The van der Waals surface area contributed by atoms with Crippen molar-refractivity contribution in [2.45, 2.75) is 23.8 Å². The second-order valence-electron chi connectivity index (χ2n) is 4.44. The van der Waals surface area contributed by atoms with Crippen LogP contribution < -0.4 is 14.8 Å². The molecule has 1 heterocycles. The van der Waals surface area contributed by atoms with Crippen LogP contribution in [0.15, 0.2) is 27.6 Å². The third-order valence-corrected chi connectivity index (χ3v) is 5.59. The highest BCUT2D eigenvalue weighted by atomic mass is 79.9. The van der Waals surface area contributed by atoms with E-state index < -0.39 is 10.0 Å². The molecule has 2 N–H and O–H groups in total. The first-order valence-corrected chi connectivity index (χ1v) is 8.37. The molecule has 1 aromatic carbocycles. The lowest BCUT2D eigenvalue weighted by molar-refractivity contribution is 0.414. The van der Waals surface area contributed by atoms with E-state index in [1.54, 1.807) is 25.3 Å². The number of piperidine rings is 1. The third-order valence-electron chi connectivity index (χ3n) is 3.09. The highest BCUT2D eigenvalue weighted by molar-refractivity contribution is 9.10. The number of nitrogens with one attached hydrogen (secondary N) is 2. The zero-order chi connectivity index (χ0) is 13.9. The second kappa shape index (κ2) is 7.61. The number of hydrogen-bond acceptors (Lipinski definition) is 4. The molecule has 20 heavy (non-hydrogen) atoms. The normalized spacial score (nSPS) is 16.5. The quantitative estimate of drug-likeness (QED) is 0.831. The third kappa shape index (κ3) is 4.33. The Balaban J connectivity index is 0.00000200. The van der Waals surface area contributed by atoms with Crippen LogP contribution in [0.25, 0.3) is 0 Å². The standard InChI is InChI=1S/C12H17BrN2O3S.ClH/c1-18-10-2-3-12(11(13)8-10)19(16,17)15-9-4-6-14-7-5-9;/h2-3,8-9,14-15H,4-7H2,1H3;1H. The minimum Gasteiger partial charge on any atom is -0.497 e. The first-order chi connectivity index (χ1) is 9.03. The average Bonchev–Trinajstić information content (AvgIpc) is 2.38. The summed E-state index contributed by atoms with van der Waals surface area (Å²) in [6.07, 6.45) is 1.63. The Morgan fingerprint density at radius 1 is 1.35 bits per heavy atom. The van der Waals surface area contributed by atoms with E-state index in [0.717, 1.165) is 25.9 Å². The molecule has 0 aromatic heterocycles. The summed E-state index contributed by atoms with van der Waals surface area (Å²) in [4.78, 5) is 0.242. The number of rotatable bonds is 4. The van der Waals surface area contributed by atoms with Gasteiger partial charge in [-0.1, -0.05) is 0 Å². The van der Waals surface area contributed by atoms with Crippen molar-refractivity contribution >= 4 is 38.4 Å². The number of halogens is 2. The van der Waals surface area contributed by atoms with E-state index in [2.05, 4.69) is 26.0 Å². The van der Waals surface area contributed by atoms with Gasteiger partial charge in [0.05, 0.1) is 12.0 Å².